The molecule has 0 saturated carbocycles. The Hall–Kier alpha value is -1.33. The fourth-order valence-electron chi connectivity index (χ4n) is 0.967. The second-order valence-corrected chi connectivity index (χ2v) is 4.72. The number of rotatable bonds is 1. The molecule has 0 aromatic heterocycles. The highest BCUT2D eigenvalue weighted by atomic mass is 19.1. The van der Waals surface area contributed by atoms with Crippen molar-refractivity contribution in [1.29, 1.82) is 0 Å². The van der Waals surface area contributed by atoms with E-state index in [-0.39, 0.29) is 11.2 Å². The molecule has 0 aliphatic heterocycles. The molecule has 1 aromatic carbocycles. The summed E-state index contributed by atoms with van der Waals surface area (Å²) in [5.41, 5.74) is 5.52. The average Bonchev–Trinajstić information content (AvgIpc) is 2.15. The second-order valence-electron chi connectivity index (χ2n) is 4.72. The monoisotopic (exact) mass is 204 g/mol. The van der Waals surface area contributed by atoms with Gasteiger partial charge in [0.1, 0.15) is 5.82 Å². The van der Waals surface area contributed by atoms with Crippen molar-refractivity contribution in [2.24, 2.45) is 5.41 Å². The topological polar surface area (TPSA) is 0 Å². The van der Waals surface area contributed by atoms with Gasteiger partial charge in [-0.1, -0.05) is 32.9 Å². The second kappa shape index (κ2) is 4.46. The van der Waals surface area contributed by atoms with Crippen LogP contribution in [-0.2, 0) is 0 Å². The van der Waals surface area contributed by atoms with Crippen LogP contribution < -0.4 is 0 Å². The highest BCUT2D eigenvalue weighted by Crippen LogP contribution is 2.23. The molecule has 0 amide bonds. The first-order valence-corrected chi connectivity index (χ1v) is 5.09. The van der Waals surface area contributed by atoms with Crippen LogP contribution in [0.2, 0.25) is 0 Å². The van der Waals surface area contributed by atoms with Crippen molar-refractivity contribution in [3.05, 3.63) is 47.0 Å². The fourth-order valence-corrected chi connectivity index (χ4v) is 0.967. The Bertz CT molecular complexity index is 384. The van der Waals surface area contributed by atoms with E-state index in [0.29, 0.717) is 0 Å². The molecular formula is C14H17F. The lowest BCUT2D eigenvalue weighted by Crippen LogP contribution is -2.04. The summed E-state index contributed by atoms with van der Waals surface area (Å²) in [6, 6.07) is 6.41. The smallest absolute Gasteiger partial charge is 0.123 e. The lowest BCUT2D eigenvalue weighted by atomic mass is 9.88. The van der Waals surface area contributed by atoms with Crippen LogP contribution in [0.4, 0.5) is 4.39 Å². The molecule has 0 N–H and O–H groups in total. The van der Waals surface area contributed by atoms with E-state index in [1.807, 2.05) is 6.08 Å². The van der Waals surface area contributed by atoms with Gasteiger partial charge in [0.05, 0.1) is 0 Å². The van der Waals surface area contributed by atoms with Gasteiger partial charge in [-0.25, -0.2) is 4.39 Å². The predicted octanol–water partition coefficient (Wildman–Crippen LogP) is 4.43. The first kappa shape index (κ1) is 11.7. The molecule has 0 radical (unpaired) electrons. The molecule has 0 unspecified atom stereocenters. The minimum Gasteiger partial charge on any atom is -0.207 e. The minimum atomic E-state index is -0.205. The van der Waals surface area contributed by atoms with Crippen LogP contribution in [0.5, 0.6) is 0 Å². The molecule has 0 spiro atoms. The molecule has 1 heteroatoms. The van der Waals surface area contributed by atoms with Crippen LogP contribution in [0.15, 0.2) is 35.6 Å². The lowest BCUT2D eigenvalue weighted by Gasteiger charge is -2.16. The van der Waals surface area contributed by atoms with E-state index < -0.39 is 0 Å². The van der Waals surface area contributed by atoms with Gasteiger partial charge in [-0.15, -0.1) is 5.73 Å². The van der Waals surface area contributed by atoms with Crippen LogP contribution in [0.1, 0.15) is 33.3 Å². The van der Waals surface area contributed by atoms with Crippen molar-refractivity contribution < 1.29 is 4.39 Å². The van der Waals surface area contributed by atoms with Gasteiger partial charge in [0, 0.05) is 0 Å². The highest BCUT2D eigenvalue weighted by molar-refractivity contribution is 5.49. The van der Waals surface area contributed by atoms with Crippen molar-refractivity contribution in [3.63, 3.8) is 0 Å². The predicted molar refractivity (Wildman–Crippen MR) is 63.0 cm³/mol. The van der Waals surface area contributed by atoms with Crippen LogP contribution >= 0.6 is 0 Å². The molecule has 0 heterocycles. The molecule has 1 aromatic rings. The summed E-state index contributed by atoms with van der Waals surface area (Å²) in [7, 11) is 0. The van der Waals surface area contributed by atoms with Crippen LogP contribution in [0.3, 0.4) is 0 Å². The van der Waals surface area contributed by atoms with E-state index in [2.05, 4.69) is 33.4 Å². The van der Waals surface area contributed by atoms with Crippen LogP contribution in [-0.4, -0.2) is 0 Å². The number of allylic oxidation sites excluding steroid dienone is 1. The van der Waals surface area contributed by atoms with Gasteiger partial charge in [0.25, 0.3) is 0 Å². The van der Waals surface area contributed by atoms with Gasteiger partial charge in [-0.05, 0) is 41.7 Å². The first-order valence-electron chi connectivity index (χ1n) is 5.09. The molecule has 0 fully saturated rings. The van der Waals surface area contributed by atoms with Gasteiger partial charge in [-0.3, -0.25) is 0 Å². The third kappa shape index (κ3) is 3.73. The number of benzene rings is 1. The van der Waals surface area contributed by atoms with E-state index in [0.717, 1.165) is 5.56 Å². The summed E-state index contributed by atoms with van der Waals surface area (Å²) in [6.07, 6.45) is 1.89. The summed E-state index contributed by atoms with van der Waals surface area (Å²) in [6.45, 7) is 8.50. The van der Waals surface area contributed by atoms with E-state index in [1.165, 1.54) is 17.7 Å². The number of hydrogen-bond acceptors (Lipinski definition) is 0. The molecule has 0 saturated heterocycles. The Kier molecular flexibility index (Phi) is 3.49. The van der Waals surface area contributed by atoms with Crippen molar-refractivity contribution in [2.45, 2.75) is 27.7 Å². The summed E-state index contributed by atoms with van der Waals surface area (Å²) in [4.78, 5) is 0. The zero-order chi connectivity index (χ0) is 11.5. The Labute approximate surface area is 91.1 Å². The van der Waals surface area contributed by atoms with Crippen molar-refractivity contribution in [3.8, 4) is 0 Å². The molecule has 15 heavy (non-hydrogen) atoms. The summed E-state index contributed by atoms with van der Waals surface area (Å²) in [5, 5.41) is 0. The molecule has 0 bridgehead atoms. The number of halogens is 1. The van der Waals surface area contributed by atoms with Gasteiger partial charge < -0.3 is 0 Å². The Morgan fingerprint density at radius 2 is 1.73 bits per heavy atom. The van der Waals surface area contributed by atoms with Crippen molar-refractivity contribution in [2.75, 3.05) is 0 Å². The summed E-state index contributed by atoms with van der Waals surface area (Å²) >= 11 is 0. The zero-order valence-corrected chi connectivity index (χ0v) is 9.76. The molecule has 0 nitrogen and oxygen atoms in total. The molecule has 0 aliphatic carbocycles. The normalized spacial score (nSPS) is 10.7. The SMILES string of the molecule is CC(=C=Cc1ccc(F)cc1)C(C)(C)C. The molecule has 1 rings (SSSR count). The summed E-state index contributed by atoms with van der Waals surface area (Å²) in [5.74, 6) is -0.205. The summed E-state index contributed by atoms with van der Waals surface area (Å²) < 4.78 is 12.6. The Morgan fingerprint density at radius 3 is 2.20 bits per heavy atom. The fraction of sp³-hybridized carbons (Fsp3) is 0.357. The van der Waals surface area contributed by atoms with Gasteiger partial charge in [0.15, 0.2) is 0 Å². The third-order valence-electron chi connectivity index (χ3n) is 2.45. The van der Waals surface area contributed by atoms with Gasteiger partial charge >= 0.3 is 0 Å². The Morgan fingerprint density at radius 1 is 1.20 bits per heavy atom. The number of hydrogen-bond donors (Lipinski definition) is 0. The minimum absolute atomic E-state index is 0.135. The first-order chi connectivity index (χ1) is 6.89. The van der Waals surface area contributed by atoms with Crippen molar-refractivity contribution in [1.82, 2.24) is 0 Å². The maximum Gasteiger partial charge on any atom is 0.123 e. The van der Waals surface area contributed by atoms with Crippen LogP contribution in [0, 0.1) is 11.2 Å². The highest BCUT2D eigenvalue weighted by Gasteiger charge is 2.11. The maximum absolute atomic E-state index is 12.6. The molecule has 80 valence electrons. The van der Waals surface area contributed by atoms with E-state index in [1.54, 1.807) is 12.1 Å². The van der Waals surface area contributed by atoms with Gasteiger partial charge in [-0.2, -0.15) is 0 Å². The Balaban J connectivity index is 2.95. The zero-order valence-electron chi connectivity index (χ0n) is 9.76. The van der Waals surface area contributed by atoms with Crippen molar-refractivity contribution >= 4 is 6.08 Å². The maximum atomic E-state index is 12.6. The van der Waals surface area contributed by atoms with Crippen LogP contribution in [0.25, 0.3) is 6.08 Å². The lowest BCUT2D eigenvalue weighted by molar-refractivity contribution is 0.505. The molecular weight excluding hydrogens is 187 g/mol. The average molecular weight is 204 g/mol. The largest absolute Gasteiger partial charge is 0.207 e. The molecule has 0 aliphatic rings. The van der Waals surface area contributed by atoms with E-state index in [9.17, 15) is 4.39 Å². The van der Waals surface area contributed by atoms with E-state index >= 15 is 0 Å². The van der Waals surface area contributed by atoms with E-state index in [4.69, 9.17) is 0 Å². The quantitative estimate of drug-likeness (QED) is 0.594. The molecule has 0 atom stereocenters. The van der Waals surface area contributed by atoms with Gasteiger partial charge in [0.2, 0.25) is 0 Å². The third-order valence-corrected chi connectivity index (χ3v) is 2.45. The standard InChI is InChI=1S/C14H17F/c1-11(14(2,3)4)5-6-12-7-9-13(15)10-8-12/h6-10H,1-4H3.